The highest BCUT2D eigenvalue weighted by molar-refractivity contribution is 5.78. The van der Waals surface area contributed by atoms with Crippen LogP contribution in [0.4, 0.5) is 0 Å². The monoisotopic (exact) mass is 225 g/mol. The molecule has 0 aromatic heterocycles. The Kier molecular flexibility index (Phi) is 6.11. The molecule has 0 saturated carbocycles. The predicted octanol–water partition coefficient (Wildman–Crippen LogP) is 0.363. The average Bonchev–Trinajstić information content (AvgIpc) is 2.74. The van der Waals surface area contributed by atoms with E-state index >= 15 is 0 Å². The van der Waals surface area contributed by atoms with Gasteiger partial charge in [-0.25, -0.2) is 0 Å². The van der Waals surface area contributed by atoms with Gasteiger partial charge in [0, 0.05) is 19.1 Å². The molecule has 1 fully saturated rings. The Hall–Kier alpha value is -0.870. The fourth-order valence-electron chi connectivity index (χ4n) is 2.12. The van der Waals surface area contributed by atoms with Crippen molar-refractivity contribution in [1.29, 1.82) is 0 Å². The van der Waals surface area contributed by atoms with Crippen molar-refractivity contribution in [3.63, 3.8) is 0 Å². The van der Waals surface area contributed by atoms with Crippen molar-refractivity contribution in [2.75, 3.05) is 32.7 Å². The minimum absolute atomic E-state index is 0.0739. The molecule has 92 valence electrons. The van der Waals surface area contributed by atoms with E-state index in [-0.39, 0.29) is 5.91 Å². The van der Waals surface area contributed by atoms with Crippen molar-refractivity contribution in [2.45, 2.75) is 25.8 Å². The molecule has 1 aliphatic heterocycles. The van der Waals surface area contributed by atoms with Gasteiger partial charge in [0.05, 0.1) is 6.54 Å². The second kappa shape index (κ2) is 7.41. The van der Waals surface area contributed by atoms with E-state index in [1.165, 1.54) is 19.4 Å². The van der Waals surface area contributed by atoms with Crippen molar-refractivity contribution in [3.8, 4) is 0 Å². The first kappa shape index (κ1) is 13.2. The van der Waals surface area contributed by atoms with Crippen LogP contribution in [0.25, 0.3) is 0 Å². The standard InChI is InChI=1S/C12H23N3O/c1-3-7-13-10-12(16)14-9-11-6-5-8-15(11)4-2/h3,11,13H,1,4-10H2,2H3,(H,14,16). The second-order valence-electron chi connectivity index (χ2n) is 4.15. The number of amides is 1. The molecule has 1 atom stereocenters. The highest BCUT2D eigenvalue weighted by Crippen LogP contribution is 2.15. The van der Waals surface area contributed by atoms with Gasteiger partial charge in [0.2, 0.25) is 5.91 Å². The summed E-state index contributed by atoms with van der Waals surface area (Å²) in [6, 6.07) is 0.536. The molecule has 4 heteroatoms. The van der Waals surface area contributed by atoms with Crippen molar-refractivity contribution in [2.24, 2.45) is 0 Å². The van der Waals surface area contributed by atoms with Crippen LogP contribution in [0.2, 0.25) is 0 Å². The van der Waals surface area contributed by atoms with Gasteiger partial charge in [0.15, 0.2) is 0 Å². The van der Waals surface area contributed by atoms with Gasteiger partial charge in [-0.05, 0) is 25.9 Å². The summed E-state index contributed by atoms with van der Waals surface area (Å²) in [4.78, 5) is 13.9. The zero-order valence-corrected chi connectivity index (χ0v) is 10.2. The Bertz CT molecular complexity index is 230. The lowest BCUT2D eigenvalue weighted by Gasteiger charge is -2.22. The number of hydrogen-bond acceptors (Lipinski definition) is 3. The van der Waals surface area contributed by atoms with Crippen molar-refractivity contribution >= 4 is 5.91 Å². The largest absolute Gasteiger partial charge is 0.353 e. The Morgan fingerprint density at radius 2 is 2.44 bits per heavy atom. The maximum absolute atomic E-state index is 11.4. The lowest BCUT2D eigenvalue weighted by atomic mass is 10.2. The van der Waals surface area contributed by atoms with E-state index in [0.29, 0.717) is 19.1 Å². The predicted molar refractivity (Wildman–Crippen MR) is 66.3 cm³/mol. The molecule has 0 bridgehead atoms. The summed E-state index contributed by atoms with van der Waals surface area (Å²) in [5.74, 6) is 0.0739. The maximum atomic E-state index is 11.4. The number of rotatable bonds is 7. The molecule has 0 aromatic rings. The zero-order chi connectivity index (χ0) is 11.8. The van der Waals surface area contributed by atoms with E-state index in [1.54, 1.807) is 6.08 Å². The van der Waals surface area contributed by atoms with Crippen LogP contribution in [0.5, 0.6) is 0 Å². The quantitative estimate of drug-likeness (QED) is 0.486. The summed E-state index contributed by atoms with van der Waals surface area (Å²) < 4.78 is 0. The van der Waals surface area contributed by atoms with Crippen molar-refractivity contribution in [1.82, 2.24) is 15.5 Å². The Morgan fingerprint density at radius 3 is 3.12 bits per heavy atom. The third-order valence-corrected chi connectivity index (χ3v) is 3.01. The van der Waals surface area contributed by atoms with Crippen LogP contribution in [-0.4, -0.2) is 49.6 Å². The molecule has 1 unspecified atom stereocenters. The molecule has 1 saturated heterocycles. The maximum Gasteiger partial charge on any atom is 0.234 e. The Labute approximate surface area is 98.1 Å². The van der Waals surface area contributed by atoms with E-state index < -0.39 is 0 Å². The van der Waals surface area contributed by atoms with Crippen molar-refractivity contribution in [3.05, 3.63) is 12.7 Å². The molecule has 0 aromatic carbocycles. The van der Waals surface area contributed by atoms with Gasteiger partial charge in [-0.2, -0.15) is 0 Å². The number of likely N-dealkylation sites (N-methyl/N-ethyl adjacent to an activating group) is 1. The van der Waals surface area contributed by atoms with Crippen LogP contribution in [0.15, 0.2) is 12.7 Å². The van der Waals surface area contributed by atoms with Gasteiger partial charge in [-0.15, -0.1) is 6.58 Å². The third-order valence-electron chi connectivity index (χ3n) is 3.01. The number of nitrogens with zero attached hydrogens (tertiary/aromatic N) is 1. The summed E-state index contributed by atoms with van der Waals surface area (Å²) in [5, 5.41) is 5.96. The van der Waals surface area contributed by atoms with E-state index in [0.717, 1.165) is 13.1 Å². The van der Waals surface area contributed by atoms with E-state index in [2.05, 4.69) is 29.0 Å². The number of carbonyl (C=O) groups is 1. The summed E-state index contributed by atoms with van der Waals surface area (Å²) >= 11 is 0. The Balaban J connectivity index is 2.13. The van der Waals surface area contributed by atoms with Crippen LogP contribution < -0.4 is 10.6 Å². The molecule has 2 N–H and O–H groups in total. The van der Waals surface area contributed by atoms with Crippen LogP contribution in [-0.2, 0) is 4.79 Å². The number of carbonyl (C=O) groups excluding carboxylic acids is 1. The SMILES string of the molecule is C=CCNCC(=O)NCC1CCCN1CC. The molecular weight excluding hydrogens is 202 g/mol. The topological polar surface area (TPSA) is 44.4 Å². The summed E-state index contributed by atoms with van der Waals surface area (Å²) in [6.07, 6.45) is 4.21. The fourth-order valence-corrected chi connectivity index (χ4v) is 2.12. The molecule has 1 heterocycles. The van der Waals surface area contributed by atoms with Gasteiger partial charge in [0.25, 0.3) is 0 Å². The normalized spacial score (nSPS) is 20.9. The van der Waals surface area contributed by atoms with E-state index in [9.17, 15) is 4.79 Å². The van der Waals surface area contributed by atoms with Crippen LogP contribution in [0.3, 0.4) is 0 Å². The molecule has 4 nitrogen and oxygen atoms in total. The first-order valence-corrected chi connectivity index (χ1v) is 6.10. The number of nitrogens with one attached hydrogen (secondary N) is 2. The highest BCUT2D eigenvalue weighted by atomic mass is 16.1. The first-order valence-electron chi connectivity index (χ1n) is 6.10. The molecule has 16 heavy (non-hydrogen) atoms. The molecule has 1 rings (SSSR count). The average molecular weight is 225 g/mol. The molecular formula is C12H23N3O. The number of hydrogen-bond donors (Lipinski definition) is 2. The van der Waals surface area contributed by atoms with E-state index in [1.807, 2.05) is 0 Å². The van der Waals surface area contributed by atoms with Gasteiger partial charge in [-0.1, -0.05) is 13.0 Å². The zero-order valence-electron chi connectivity index (χ0n) is 10.2. The third kappa shape index (κ3) is 4.33. The molecule has 1 aliphatic rings. The lowest BCUT2D eigenvalue weighted by Crippen LogP contribution is -2.42. The van der Waals surface area contributed by atoms with Crippen LogP contribution >= 0.6 is 0 Å². The smallest absolute Gasteiger partial charge is 0.234 e. The minimum Gasteiger partial charge on any atom is -0.353 e. The lowest BCUT2D eigenvalue weighted by molar-refractivity contribution is -0.120. The molecule has 1 amide bonds. The summed E-state index contributed by atoms with van der Waals surface area (Å²) in [6.45, 7) is 9.85. The molecule has 0 radical (unpaired) electrons. The number of likely N-dealkylation sites (tertiary alicyclic amines) is 1. The Morgan fingerprint density at radius 1 is 1.62 bits per heavy atom. The molecule has 0 spiro atoms. The molecule has 0 aliphatic carbocycles. The second-order valence-corrected chi connectivity index (χ2v) is 4.15. The minimum atomic E-state index is 0.0739. The van der Waals surface area contributed by atoms with E-state index in [4.69, 9.17) is 0 Å². The van der Waals surface area contributed by atoms with Gasteiger partial charge in [0.1, 0.15) is 0 Å². The van der Waals surface area contributed by atoms with Gasteiger partial charge < -0.3 is 10.6 Å². The van der Waals surface area contributed by atoms with Gasteiger partial charge in [-0.3, -0.25) is 9.69 Å². The van der Waals surface area contributed by atoms with Gasteiger partial charge >= 0.3 is 0 Å². The first-order chi connectivity index (χ1) is 7.77. The van der Waals surface area contributed by atoms with Crippen LogP contribution in [0, 0.1) is 0 Å². The summed E-state index contributed by atoms with van der Waals surface area (Å²) in [7, 11) is 0. The fraction of sp³-hybridized carbons (Fsp3) is 0.750. The summed E-state index contributed by atoms with van der Waals surface area (Å²) in [5.41, 5.74) is 0. The van der Waals surface area contributed by atoms with Crippen molar-refractivity contribution < 1.29 is 4.79 Å². The van der Waals surface area contributed by atoms with Crippen LogP contribution in [0.1, 0.15) is 19.8 Å². The highest BCUT2D eigenvalue weighted by Gasteiger charge is 2.22.